The molecule has 2 aromatic rings. The van der Waals surface area contributed by atoms with Gasteiger partial charge in [-0.3, -0.25) is 4.98 Å². The van der Waals surface area contributed by atoms with Crippen molar-refractivity contribution in [2.75, 3.05) is 0 Å². The standard InChI is InChI=1S/C10H9F3N4O/c1-17-15-5-8(16-17)7-3-2-6(4-14-7)9(18)10(11,12)13/h2-5,9,18H,1H3. The molecule has 0 amide bonds. The average molecular weight is 258 g/mol. The Bertz CT molecular complexity index is 535. The molecular formula is C10H9F3N4O. The summed E-state index contributed by atoms with van der Waals surface area (Å²) < 4.78 is 36.8. The van der Waals surface area contributed by atoms with Crippen LogP contribution >= 0.6 is 0 Å². The molecule has 5 nitrogen and oxygen atoms in total. The number of aliphatic hydroxyl groups is 1. The number of pyridine rings is 1. The van der Waals surface area contributed by atoms with Gasteiger partial charge in [0.25, 0.3) is 0 Å². The zero-order valence-corrected chi connectivity index (χ0v) is 9.26. The molecule has 0 saturated heterocycles. The van der Waals surface area contributed by atoms with Gasteiger partial charge in [-0.25, -0.2) is 0 Å². The number of alkyl halides is 3. The van der Waals surface area contributed by atoms with E-state index < -0.39 is 12.3 Å². The van der Waals surface area contributed by atoms with E-state index in [0.29, 0.717) is 11.4 Å². The molecule has 1 N–H and O–H groups in total. The molecule has 0 bridgehead atoms. The van der Waals surface area contributed by atoms with Gasteiger partial charge in [0.05, 0.1) is 11.9 Å². The molecule has 8 heteroatoms. The minimum atomic E-state index is -4.70. The maximum absolute atomic E-state index is 12.3. The second-order valence-electron chi connectivity index (χ2n) is 3.64. The van der Waals surface area contributed by atoms with Crippen LogP contribution in [-0.2, 0) is 7.05 Å². The van der Waals surface area contributed by atoms with Crippen molar-refractivity contribution in [2.45, 2.75) is 12.3 Å². The molecule has 0 radical (unpaired) electrons. The summed E-state index contributed by atoms with van der Waals surface area (Å²) in [7, 11) is 1.62. The molecular weight excluding hydrogens is 249 g/mol. The van der Waals surface area contributed by atoms with Crippen molar-refractivity contribution < 1.29 is 18.3 Å². The summed E-state index contributed by atoms with van der Waals surface area (Å²) in [4.78, 5) is 5.14. The fourth-order valence-electron chi connectivity index (χ4n) is 1.37. The lowest BCUT2D eigenvalue weighted by molar-refractivity contribution is -0.206. The van der Waals surface area contributed by atoms with E-state index in [-0.39, 0.29) is 5.56 Å². The van der Waals surface area contributed by atoms with Gasteiger partial charge in [-0.2, -0.15) is 28.2 Å². The molecule has 1 unspecified atom stereocenters. The predicted octanol–water partition coefficient (Wildman–Crippen LogP) is 1.47. The maximum atomic E-state index is 12.3. The Morgan fingerprint density at radius 3 is 2.39 bits per heavy atom. The fourth-order valence-corrected chi connectivity index (χ4v) is 1.37. The zero-order chi connectivity index (χ0) is 13.3. The van der Waals surface area contributed by atoms with Crippen LogP contribution in [0.4, 0.5) is 13.2 Å². The van der Waals surface area contributed by atoms with E-state index in [1.807, 2.05) is 0 Å². The highest BCUT2D eigenvalue weighted by Crippen LogP contribution is 2.32. The maximum Gasteiger partial charge on any atom is 0.418 e. The van der Waals surface area contributed by atoms with Crippen LogP contribution in [0.1, 0.15) is 11.7 Å². The molecule has 2 aromatic heterocycles. The summed E-state index contributed by atoms with van der Waals surface area (Å²) in [6.07, 6.45) is -4.80. The summed E-state index contributed by atoms with van der Waals surface area (Å²) in [6, 6.07) is 2.52. The molecule has 18 heavy (non-hydrogen) atoms. The lowest BCUT2D eigenvalue weighted by Gasteiger charge is -2.14. The fraction of sp³-hybridized carbons (Fsp3) is 0.300. The van der Waals surface area contributed by atoms with Crippen LogP contribution in [0.2, 0.25) is 0 Å². The molecule has 96 valence electrons. The molecule has 0 aromatic carbocycles. The van der Waals surface area contributed by atoms with Crippen LogP contribution in [0.3, 0.4) is 0 Å². The lowest BCUT2D eigenvalue weighted by Crippen LogP contribution is -2.20. The third-order valence-corrected chi connectivity index (χ3v) is 2.27. The highest BCUT2D eigenvalue weighted by molar-refractivity contribution is 5.52. The van der Waals surface area contributed by atoms with Crippen molar-refractivity contribution in [3.8, 4) is 11.4 Å². The number of hydrogen-bond donors (Lipinski definition) is 1. The minimum absolute atomic E-state index is 0.310. The first kappa shape index (κ1) is 12.5. The lowest BCUT2D eigenvalue weighted by atomic mass is 10.1. The Morgan fingerprint density at radius 1 is 1.22 bits per heavy atom. The van der Waals surface area contributed by atoms with Gasteiger partial charge in [0, 0.05) is 18.8 Å². The number of halogens is 3. The summed E-state index contributed by atoms with van der Waals surface area (Å²) in [5.74, 6) is 0. The Hall–Kier alpha value is -1.96. The molecule has 0 aliphatic rings. The van der Waals surface area contributed by atoms with Crippen LogP contribution in [0, 0.1) is 0 Å². The molecule has 0 spiro atoms. The molecule has 2 heterocycles. The molecule has 0 aliphatic carbocycles. The van der Waals surface area contributed by atoms with E-state index in [0.717, 1.165) is 12.3 Å². The van der Waals surface area contributed by atoms with E-state index in [1.54, 1.807) is 7.05 Å². The van der Waals surface area contributed by atoms with E-state index in [1.165, 1.54) is 17.1 Å². The number of aryl methyl sites for hydroxylation is 1. The van der Waals surface area contributed by atoms with Gasteiger partial charge in [-0.05, 0) is 6.07 Å². The van der Waals surface area contributed by atoms with Crippen LogP contribution in [0.25, 0.3) is 11.4 Å². The second-order valence-corrected chi connectivity index (χ2v) is 3.64. The predicted molar refractivity (Wildman–Crippen MR) is 55.2 cm³/mol. The van der Waals surface area contributed by atoms with Crippen molar-refractivity contribution in [3.63, 3.8) is 0 Å². The molecule has 0 aliphatic heterocycles. The Kier molecular flexibility index (Phi) is 3.04. The van der Waals surface area contributed by atoms with Crippen molar-refractivity contribution in [3.05, 3.63) is 30.1 Å². The van der Waals surface area contributed by atoms with Gasteiger partial charge in [-0.1, -0.05) is 6.07 Å². The van der Waals surface area contributed by atoms with Crippen LogP contribution < -0.4 is 0 Å². The quantitative estimate of drug-likeness (QED) is 0.886. The highest BCUT2D eigenvalue weighted by atomic mass is 19.4. The Balaban J connectivity index is 2.25. The second kappa shape index (κ2) is 4.37. The van der Waals surface area contributed by atoms with E-state index >= 15 is 0 Å². The van der Waals surface area contributed by atoms with Crippen molar-refractivity contribution in [2.24, 2.45) is 7.05 Å². The summed E-state index contributed by atoms with van der Waals surface area (Å²) in [5.41, 5.74) is 0.530. The third kappa shape index (κ3) is 2.48. The molecule has 0 fully saturated rings. The first-order chi connectivity index (χ1) is 8.38. The number of nitrogens with zero attached hydrogens (tertiary/aromatic N) is 4. The number of aliphatic hydroxyl groups excluding tert-OH is 1. The van der Waals surface area contributed by atoms with Gasteiger partial charge in [0.2, 0.25) is 0 Å². The van der Waals surface area contributed by atoms with Gasteiger partial charge < -0.3 is 5.11 Å². The third-order valence-electron chi connectivity index (χ3n) is 2.27. The summed E-state index contributed by atoms with van der Waals surface area (Å²) in [5, 5.41) is 16.8. The monoisotopic (exact) mass is 258 g/mol. The van der Waals surface area contributed by atoms with E-state index in [4.69, 9.17) is 5.11 Å². The summed E-state index contributed by atoms with van der Waals surface area (Å²) in [6.45, 7) is 0. The first-order valence-electron chi connectivity index (χ1n) is 4.95. The smallest absolute Gasteiger partial charge is 0.379 e. The topological polar surface area (TPSA) is 63.8 Å². The molecule has 1 atom stereocenters. The van der Waals surface area contributed by atoms with Crippen LogP contribution in [0.5, 0.6) is 0 Å². The first-order valence-corrected chi connectivity index (χ1v) is 4.95. The zero-order valence-electron chi connectivity index (χ0n) is 9.26. The highest BCUT2D eigenvalue weighted by Gasteiger charge is 2.39. The van der Waals surface area contributed by atoms with E-state index in [9.17, 15) is 13.2 Å². The van der Waals surface area contributed by atoms with Crippen LogP contribution in [-0.4, -0.2) is 31.3 Å². The Morgan fingerprint density at radius 2 is 1.94 bits per heavy atom. The van der Waals surface area contributed by atoms with Crippen molar-refractivity contribution in [1.29, 1.82) is 0 Å². The number of rotatable bonds is 2. The largest absolute Gasteiger partial charge is 0.418 e. The van der Waals surface area contributed by atoms with Crippen molar-refractivity contribution >= 4 is 0 Å². The van der Waals surface area contributed by atoms with Gasteiger partial charge in [-0.15, -0.1) is 0 Å². The number of hydrogen-bond acceptors (Lipinski definition) is 4. The summed E-state index contributed by atoms with van der Waals surface area (Å²) >= 11 is 0. The minimum Gasteiger partial charge on any atom is -0.379 e. The number of aromatic nitrogens is 4. The normalized spacial score (nSPS) is 13.6. The van der Waals surface area contributed by atoms with Gasteiger partial charge in [0.1, 0.15) is 5.69 Å². The van der Waals surface area contributed by atoms with Crippen molar-refractivity contribution in [1.82, 2.24) is 20.0 Å². The van der Waals surface area contributed by atoms with Gasteiger partial charge in [0.15, 0.2) is 6.10 Å². The molecule has 2 rings (SSSR count). The SMILES string of the molecule is Cn1ncc(-c2ccc(C(O)C(F)(F)F)cn2)n1. The van der Waals surface area contributed by atoms with Gasteiger partial charge >= 0.3 is 6.18 Å². The molecule has 0 saturated carbocycles. The Labute approximate surface area is 99.9 Å². The average Bonchev–Trinajstić information content (AvgIpc) is 2.74. The van der Waals surface area contributed by atoms with Crippen LogP contribution in [0.15, 0.2) is 24.5 Å². The van der Waals surface area contributed by atoms with E-state index in [2.05, 4.69) is 15.2 Å².